The smallest absolute Gasteiger partial charge is 0.382 e. The average molecular weight is 348 g/mol. The summed E-state index contributed by atoms with van der Waals surface area (Å²) in [7, 11) is 0. The number of carbonyl (C=O) groups is 2. The third kappa shape index (κ3) is 5.55. The Balaban J connectivity index is 3.20. The van der Waals surface area contributed by atoms with Crippen LogP contribution in [-0.4, -0.2) is 43.7 Å². The largest absolute Gasteiger partial charge is 0.461 e. The molecule has 0 heterocycles. The number of esters is 2. The Kier molecular flexibility index (Phi) is 8.60. The zero-order chi connectivity index (χ0) is 18.7. The van der Waals surface area contributed by atoms with Gasteiger partial charge in [0.2, 0.25) is 0 Å². The third-order valence-electron chi connectivity index (χ3n) is 3.23. The molecule has 1 aromatic rings. The van der Waals surface area contributed by atoms with Gasteiger partial charge in [-0.15, -0.1) is 13.2 Å². The summed E-state index contributed by atoms with van der Waals surface area (Å²) in [5.74, 6) is -3.63. The molecule has 0 aliphatic carbocycles. The summed E-state index contributed by atoms with van der Waals surface area (Å²) in [4.78, 5) is 25.1. The number of ether oxygens (including phenoxy) is 4. The molecule has 0 bridgehead atoms. The Morgan fingerprint density at radius 3 is 2.36 bits per heavy atom. The van der Waals surface area contributed by atoms with Crippen LogP contribution in [-0.2, 0) is 23.7 Å². The first kappa shape index (κ1) is 20.6. The van der Waals surface area contributed by atoms with Crippen molar-refractivity contribution in [2.45, 2.75) is 25.7 Å². The van der Waals surface area contributed by atoms with Crippen molar-refractivity contribution in [1.29, 1.82) is 0 Å². The molecule has 0 amide bonds. The van der Waals surface area contributed by atoms with E-state index in [0.29, 0.717) is 0 Å². The minimum atomic E-state index is -2.06. The van der Waals surface area contributed by atoms with E-state index in [1.165, 1.54) is 12.2 Å². The molecule has 0 spiro atoms. The molecule has 0 saturated heterocycles. The maximum atomic E-state index is 12.6. The van der Waals surface area contributed by atoms with E-state index in [9.17, 15) is 9.59 Å². The van der Waals surface area contributed by atoms with E-state index < -0.39 is 23.8 Å². The van der Waals surface area contributed by atoms with Crippen molar-refractivity contribution >= 4 is 11.9 Å². The molecule has 0 aromatic heterocycles. The predicted octanol–water partition coefficient (Wildman–Crippen LogP) is 2.90. The van der Waals surface area contributed by atoms with E-state index in [4.69, 9.17) is 18.9 Å². The lowest BCUT2D eigenvalue weighted by Crippen LogP contribution is -2.56. The van der Waals surface area contributed by atoms with E-state index >= 15 is 0 Å². The Morgan fingerprint density at radius 2 is 1.80 bits per heavy atom. The highest BCUT2D eigenvalue weighted by atomic mass is 16.8. The van der Waals surface area contributed by atoms with Gasteiger partial charge in [0.15, 0.2) is 0 Å². The fourth-order valence-electron chi connectivity index (χ4n) is 2.00. The molecule has 25 heavy (non-hydrogen) atoms. The molecule has 0 aliphatic heterocycles. The van der Waals surface area contributed by atoms with Crippen molar-refractivity contribution in [3.63, 3.8) is 0 Å². The quantitative estimate of drug-likeness (QED) is 0.348. The van der Waals surface area contributed by atoms with Crippen LogP contribution < -0.4 is 0 Å². The van der Waals surface area contributed by atoms with Crippen molar-refractivity contribution < 1.29 is 28.5 Å². The summed E-state index contributed by atoms with van der Waals surface area (Å²) >= 11 is 0. The van der Waals surface area contributed by atoms with Crippen LogP contribution in [0.15, 0.2) is 55.6 Å². The second kappa shape index (κ2) is 10.4. The fourth-order valence-corrected chi connectivity index (χ4v) is 2.00. The second-order valence-electron chi connectivity index (χ2n) is 5.01. The van der Waals surface area contributed by atoms with Gasteiger partial charge in [-0.25, -0.2) is 9.59 Å². The van der Waals surface area contributed by atoms with Gasteiger partial charge in [0, 0.05) is 0 Å². The van der Waals surface area contributed by atoms with Gasteiger partial charge in [0.25, 0.3) is 0 Å². The minimum absolute atomic E-state index is 0.0390. The van der Waals surface area contributed by atoms with Crippen molar-refractivity contribution in [2.75, 3.05) is 19.8 Å². The molecule has 6 heteroatoms. The Bertz CT molecular complexity index is 583. The molecule has 1 rings (SSSR count). The summed E-state index contributed by atoms with van der Waals surface area (Å²) in [5.41, 5.74) is 0.272. The summed E-state index contributed by atoms with van der Waals surface area (Å²) in [6.07, 6.45) is 2.01. The van der Waals surface area contributed by atoms with Crippen LogP contribution in [0.4, 0.5) is 0 Å². The van der Waals surface area contributed by atoms with Crippen LogP contribution >= 0.6 is 0 Å². The number of benzene rings is 1. The number of carbonyl (C=O) groups excluding carboxylic acids is 2. The molecule has 1 aromatic carbocycles. The highest BCUT2D eigenvalue weighted by Crippen LogP contribution is 2.25. The SMILES string of the molecule is C=CCOC(C)C(OCC=C)(OC(=O)c1ccccc1)C(=O)OCC. The molecule has 2 unspecified atom stereocenters. The number of hydrogen-bond donors (Lipinski definition) is 0. The molecule has 0 N–H and O–H groups in total. The third-order valence-corrected chi connectivity index (χ3v) is 3.23. The molecule has 0 saturated carbocycles. The summed E-state index contributed by atoms with van der Waals surface area (Å²) in [6.45, 7) is 10.5. The average Bonchev–Trinajstić information content (AvgIpc) is 2.63. The molecule has 0 fully saturated rings. The first-order valence-corrected chi connectivity index (χ1v) is 7.94. The van der Waals surface area contributed by atoms with Gasteiger partial charge in [0.05, 0.1) is 25.4 Å². The second-order valence-corrected chi connectivity index (χ2v) is 5.01. The molecular formula is C19H24O6. The van der Waals surface area contributed by atoms with Gasteiger partial charge in [0.1, 0.15) is 6.10 Å². The highest BCUT2D eigenvalue weighted by Gasteiger charge is 2.52. The lowest BCUT2D eigenvalue weighted by atomic mass is 10.1. The van der Waals surface area contributed by atoms with E-state index in [2.05, 4.69) is 13.2 Å². The maximum absolute atomic E-state index is 12.6. The zero-order valence-electron chi connectivity index (χ0n) is 14.6. The minimum Gasteiger partial charge on any atom is -0.461 e. The van der Waals surface area contributed by atoms with E-state index in [1.807, 2.05) is 0 Å². The van der Waals surface area contributed by atoms with Crippen LogP contribution in [0.3, 0.4) is 0 Å². The zero-order valence-corrected chi connectivity index (χ0v) is 14.6. The lowest BCUT2D eigenvalue weighted by molar-refractivity contribution is -0.259. The van der Waals surface area contributed by atoms with Gasteiger partial charge < -0.3 is 18.9 Å². The van der Waals surface area contributed by atoms with Crippen molar-refractivity contribution in [3.8, 4) is 0 Å². The van der Waals surface area contributed by atoms with E-state index in [0.717, 1.165) is 0 Å². The van der Waals surface area contributed by atoms with E-state index in [1.54, 1.807) is 44.2 Å². The van der Waals surface area contributed by atoms with Crippen molar-refractivity contribution in [3.05, 3.63) is 61.2 Å². The van der Waals surface area contributed by atoms with Gasteiger partial charge in [-0.1, -0.05) is 30.4 Å². The van der Waals surface area contributed by atoms with Crippen LogP contribution in [0, 0.1) is 0 Å². The molecule has 0 aliphatic rings. The van der Waals surface area contributed by atoms with E-state index in [-0.39, 0.29) is 25.4 Å². The first-order valence-electron chi connectivity index (χ1n) is 7.94. The molecule has 6 nitrogen and oxygen atoms in total. The Morgan fingerprint density at radius 1 is 1.16 bits per heavy atom. The predicted molar refractivity (Wildman–Crippen MR) is 93.0 cm³/mol. The molecule has 2 atom stereocenters. The number of hydrogen-bond acceptors (Lipinski definition) is 6. The van der Waals surface area contributed by atoms with Crippen LogP contribution in [0.25, 0.3) is 0 Å². The van der Waals surface area contributed by atoms with Gasteiger partial charge in [-0.05, 0) is 26.0 Å². The van der Waals surface area contributed by atoms with Crippen molar-refractivity contribution in [2.24, 2.45) is 0 Å². The van der Waals surface area contributed by atoms with Gasteiger partial charge in [-0.2, -0.15) is 0 Å². The fraction of sp³-hybridized carbons (Fsp3) is 0.368. The Hall–Kier alpha value is -2.44. The summed E-state index contributed by atoms with van der Waals surface area (Å²) < 4.78 is 21.6. The molecule has 136 valence electrons. The normalized spacial score (nSPS) is 14.0. The molecule has 0 radical (unpaired) electrons. The Labute approximate surface area is 148 Å². The lowest BCUT2D eigenvalue weighted by Gasteiger charge is -2.34. The van der Waals surface area contributed by atoms with Crippen LogP contribution in [0.5, 0.6) is 0 Å². The van der Waals surface area contributed by atoms with Gasteiger partial charge in [-0.3, -0.25) is 0 Å². The topological polar surface area (TPSA) is 71.1 Å². The van der Waals surface area contributed by atoms with Crippen LogP contribution in [0.2, 0.25) is 0 Å². The van der Waals surface area contributed by atoms with Gasteiger partial charge >= 0.3 is 17.7 Å². The van der Waals surface area contributed by atoms with Crippen molar-refractivity contribution in [1.82, 2.24) is 0 Å². The summed E-state index contributed by atoms with van der Waals surface area (Å²) in [5, 5.41) is 0. The first-order chi connectivity index (χ1) is 12.0. The highest BCUT2D eigenvalue weighted by molar-refractivity contribution is 5.92. The maximum Gasteiger partial charge on any atom is 0.382 e. The number of rotatable bonds is 11. The molecular weight excluding hydrogens is 324 g/mol. The standard InChI is InChI=1S/C19H24O6/c1-5-13-23-15(4)19(24-14-6-2,18(21)22-7-3)25-17(20)16-11-9-8-10-12-16/h5-6,8-12,15H,1-2,7,13-14H2,3-4H3. The monoisotopic (exact) mass is 348 g/mol. The summed E-state index contributed by atoms with van der Waals surface area (Å²) in [6, 6.07) is 8.27. The van der Waals surface area contributed by atoms with Crippen LogP contribution in [0.1, 0.15) is 24.2 Å².